The lowest BCUT2D eigenvalue weighted by Crippen LogP contribution is -2.41. The van der Waals surface area contributed by atoms with E-state index < -0.39 is 10.0 Å². The van der Waals surface area contributed by atoms with Crippen LogP contribution in [0.3, 0.4) is 0 Å². The van der Waals surface area contributed by atoms with E-state index in [9.17, 15) is 8.42 Å². The summed E-state index contributed by atoms with van der Waals surface area (Å²) in [6.07, 6.45) is 6.38. The van der Waals surface area contributed by atoms with Crippen molar-refractivity contribution < 1.29 is 13.2 Å². The van der Waals surface area contributed by atoms with Crippen LogP contribution >= 0.6 is 0 Å². The Morgan fingerprint density at radius 2 is 2.30 bits per heavy atom. The number of aromatic nitrogens is 2. The number of rotatable bonds is 4. The molecule has 23 heavy (non-hydrogen) atoms. The van der Waals surface area contributed by atoms with Crippen LogP contribution in [0.5, 0.6) is 0 Å². The first-order valence-electron chi connectivity index (χ1n) is 8.09. The van der Waals surface area contributed by atoms with E-state index in [-0.39, 0.29) is 5.41 Å². The molecule has 1 saturated carbocycles. The van der Waals surface area contributed by atoms with Crippen molar-refractivity contribution in [2.75, 3.05) is 37.8 Å². The Balaban J connectivity index is 1.62. The van der Waals surface area contributed by atoms with E-state index in [1.54, 1.807) is 0 Å². The third-order valence-corrected chi connectivity index (χ3v) is 6.29. The minimum atomic E-state index is -3.19. The van der Waals surface area contributed by atoms with Crippen LogP contribution in [-0.2, 0) is 26.8 Å². The largest absolute Gasteiger partial charge is 0.376 e. The first kappa shape index (κ1) is 15.3. The Morgan fingerprint density at radius 1 is 1.48 bits per heavy atom. The average molecular weight is 338 g/mol. The van der Waals surface area contributed by atoms with Gasteiger partial charge in [-0.1, -0.05) is 0 Å². The first-order chi connectivity index (χ1) is 11.0. The summed E-state index contributed by atoms with van der Waals surface area (Å²) >= 11 is 0. The lowest BCUT2D eigenvalue weighted by atomic mass is 9.81. The molecule has 2 aliphatic heterocycles. The maximum absolute atomic E-state index is 11.9. The highest BCUT2D eigenvalue weighted by Gasteiger charge is 2.47. The number of nitrogens with one attached hydrogen (secondary N) is 1. The topological polar surface area (TPSA) is 84.4 Å². The average Bonchev–Trinajstić information content (AvgIpc) is 3.24. The summed E-state index contributed by atoms with van der Waals surface area (Å²) in [6.45, 7) is 2.90. The number of anilines is 1. The van der Waals surface area contributed by atoms with Gasteiger partial charge < -0.3 is 10.1 Å². The molecule has 3 aliphatic rings. The van der Waals surface area contributed by atoms with E-state index in [0.29, 0.717) is 32.3 Å². The van der Waals surface area contributed by atoms with Gasteiger partial charge in [0, 0.05) is 31.4 Å². The molecule has 1 spiro atoms. The van der Waals surface area contributed by atoms with Crippen LogP contribution in [0.15, 0.2) is 6.20 Å². The van der Waals surface area contributed by atoms with Crippen molar-refractivity contribution in [1.29, 1.82) is 0 Å². The molecule has 1 aromatic heterocycles. The molecule has 0 bridgehead atoms. The van der Waals surface area contributed by atoms with Crippen molar-refractivity contribution >= 4 is 16.0 Å². The van der Waals surface area contributed by atoms with Gasteiger partial charge in [-0.15, -0.1) is 0 Å². The SMILES string of the molecule is CS(=O)(=O)N1CCC2(COCc3cnc(NCC4CC4)nc32)C1. The highest BCUT2D eigenvalue weighted by Crippen LogP contribution is 2.40. The third kappa shape index (κ3) is 2.95. The van der Waals surface area contributed by atoms with Crippen LogP contribution in [-0.4, -0.2) is 55.2 Å². The summed E-state index contributed by atoms with van der Waals surface area (Å²) in [7, 11) is -3.19. The van der Waals surface area contributed by atoms with Crippen molar-refractivity contribution in [3.63, 3.8) is 0 Å². The fourth-order valence-electron chi connectivity index (χ4n) is 3.47. The molecule has 8 heteroatoms. The molecular weight excluding hydrogens is 316 g/mol. The van der Waals surface area contributed by atoms with E-state index in [1.807, 2.05) is 6.20 Å². The summed E-state index contributed by atoms with van der Waals surface area (Å²) < 4.78 is 31.0. The van der Waals surface area contributed by atoms with Gasteiger partial charge in [0.2, 0.25) is 16.0 Å². The van der Waals surface area contributed by atoms with Crippen LogP contribution in [0, 0.1) is 5.92 Å². The van der Waals surface area contributed by atoms with Gasteiger partial charge in [0.05, 0.1) is 30.6 Å². The minimum absolute atomic E-state index is 0.338. The summed E-state index contributed by atoms with van der Waals surface area (Å²) in [5.41, 5.74) is 1.60. The van der Waals surface area contributed by atoms with Crippen molar-refractivity contribution in [1.82, 2.24) is 14.3 Å². The fraction of sp³-hybridized carbons (Fsp3) is 0.733. The van der Waals surface area contributed by atoms with Crippen LogP contribution in [0.4, 0.5) is 5.95 Å². The molecule has 126 valence electrons. The van der Waals surface area contributed by atoms with Gasteiger partial charge in [-0.25, -0.2) is 22.7 Å². The molecule has 0 aromatic carbocycles. The maximum Gasteiger partial charge on any atom is 0.222 e. The maximum atomic E-state index is 11.9. The lowest BCUT2D eigenvalue weighted by Gasteiger charge is -2.34. The summed E-state index contributed by atoms with van der Waals surface area (Å²) in [5, 5.41) is 3.31. The third-order valence-electron chi connectivity index (χ3n) is 5.04. The van der Waals surface area contributed by atoms with Crippen LogP contribution < -0.4 is 5.32 Å². The van der Waals surface area contributed by atoms with Crippen LogP contribution in [0.2, 0.25) is 0 Å². The molecule has 3 heterocycles. The first-order valence-corrected chi connectivity index (χ1v) is 9.94. The Morgan fingerprint density at radius 3 is 3.00 bits per heavy atom. The standard InChI is InChI=1S/C15H22N4O3S/c1-23(20,21)19-5-4-15(9-19)10-22-8-12-7-17-14(18-13(12)15)16-6-11-2-3-11/h7,11H,2-6,8-10H2,1H3,(H,16,17,18). The summed E-state index contributed by atoms with van der Waals surface area (Å²) in [5.74, 6) is 1.40. The van der Waals surface area contributed by atoms with Gasteiger partial charge in [-0.3, -0.25) is 0 Å². The molecule has 1 saturated heterocycles. The molecule has 2 fully saturated rings. The monoisotopic (exact) mass is 338 g/mol. The highest BCUT2D eigenvalue weighted by atomic mass is 32.2. The van der Waals surface area contributed by atoms with Gasteiger partial charge in [-0.05, 0) is 25.2 Å². The molecule has 1 atom stereocenters. The number of hydrogen-bond acceptors (Lipinski definition) is 6. The van der Waals surface area contributed by atoms with Gasteiger partial charge in [0.1, 0.15) is 0 Å². The number of hydrogen-bond donors (Lipinski definition) is 1. The lowest BCUT2D eigenvalue weighted by molar-refractivity contribution is 0.0532. The molecular formula is C15H22N4O3S. The smallest absolute Gasteiger partial charge is 0.222 e. The molecule has 7 nitrogen and oxygen atoms in total. The normalized spacial score (nSPS) is 28.0. The number of nitrogens with zero attached hydrogens (tertiary/aromatic N) is 3. The second kappa shape index (κ2) is 5.39. The molecule has 4 rings (SSSR count). The molecule has 1 unspecified atom stereocenters. The fourth-order valence-corrected chi connectivity index (χ4v) is 4.37. The van der Waals surface area contributed by atoms with Crippen molar-refractivity contribution in [3.05, 3.63) is 17.5 Å². The Labute approximate surface area is 136 Å². The molecule has 1 aliphatic carbocycles. The minimum Gasteiger partial charge on any atom is -0.376 e. The van der Waals surface area contributed by atoms with Crippen molar-refractivity contribution in [3.8, 4) is 0 Å². The molecule has 0 radical (unpaired) electrons. The zero-order valence-electron chi connectivity index (χ0n) is 13.3. The van der Waals surface area contributed by atoms with E-state index in [1.165, 1.54) is 23.4 Å². The second-order valence-electron chi connectivity index (χ2n) is 7.01. The van der Waals surface area contributed by atoms with Gasteiger partial charge in [0.15, 0.2) is 0 Å². The van der Waals surface area contributed by atoms with E-state index >= 15 is 0 Å². The number of fused-ring (bicyclic) bond motifs is 2. The molecule has 0 amide bonds. The highest BCUT2D eigenvalue weighted by molar-refractivity contribution is 7.88. The number of ether oxygens (including phenoxy) is 1. The molecule has 1 N–H and O–H groups in total. The summed E-state index contributed by atoms with van der Waals surface area (Å²) in [4.78, 5) is 9.12. The molecule has 1 aromatic rings. The van der Waals surface area contributed by atoms with E-state index in [0.717, 1.165) is 30.1 Å². The van der Waals surface area contributed by atoms with E-state index in [4.69, 9.17) is 9.72 Å². The Kier molecular flexibility index (Phi) is 3.58. The quantitative estimate of drug-likeness (QED) is 0.871. The van der Waals surface area contributed by atoms with Crippen molar-refractivity contribution in [2.24, 2.45) is 5.92 Å². The second-order valence-corrected chi connectivity index (χ2v) is 8.99. The summed E-state index contributed by atoms with van der Waals surface area (Å²) in [6, 6.07) is 0. The van der Waals surface area contributed by atoms with Gasteiger partial charge >= 0.3 is 0 Å². The zero-order chi connectivity index (χ0) is 16.1. The number of sulfonamides is 1. The van der Waals surface area contributed by atoms with Gasteiger partial charge in [0.25, 0.3) is 0 Å². The van der Waals surface area contributed by atoms with Gasteiger partial charge in [-0.2, -0.15) is 0 Å². The predicted molar refractivity (Wildman–Crippen MR) is 85.6 cm³/mol. The Hall–Kier alpha value is -1.25. The zero-order valence-corrected chi connectivity index (χ0v) is 14.1. The Bertz CT molecular complexity index is 719. The van der Waals surface area contributed by atoms with E-state index in [2.05, 4.69) is 10.3 Å². The van der Waals surface area contributed by atoms with Crippen LogP contribution in [0.1, 0.15) is 30.5 Å². The van der Waals surface area contributed by atoms with Crippen molar-refractivity contribution in [2.45, 2.75) is 31.3 Å². The predicted octanol–water partition coefficient (Wildman–Crippen LogP) is 0.732. The van der Waals surface area contributed by atoms with Crippen LogP contribution in [0.25, 0.3) is 0 Å².